The van der Waals surface area contributed by atoms with Gasteiger partial charge in [0.25, 0.3) is 0 Å². The molecule has 0 N–H and O–H groups in total. The lowest BCUT2D eigenvalue weighted by atomic mass is 9.99. The van der Waals surface area contributed by atoms with Gasteiger partial charge in [-0.1, -0.05) is 31.2 Å². The largest absolute Gasteiger partial charge is 0.370 e. The summed E-state index contributed by atoms with van der Waals surface area (Å²) < 4.78 is 14.4. The van der Waals surface area contributed by atoms with Crippen LogP contribution in [-0.2, 0) is 29.0 Å². The van der Waals surface area contributed by atoms with Crippen molar-refractivity contribution >= 4 is 23.6 Å². The molecule has 1 aliphatic rings. The maximum Gasteiger partial charge on any atom is 0.224 e. The molecule has 2 aromatic rings. The molecule has 2 aromatic carbocycles. The van der Waals surface area contributed by atoms with Gasteiger partial charge in [-0.2, -0.15) is 0 Å². The molecule has 0 fully saturated rings. The van der Waals surface area contributed by atoms with Gasteiger partial charge < -0.3 is 14.6 Å². The van der Waals surface area contributed by atoms with Crippen LogP contribution in [0.3, 0.4) is 0 Å². The van der Waals surface area contributed by atoms with E-state index in [4.69, 9.17) is 0 Å². The fourth-order valence-corrected chi connectivity index (χ4v) is 4.08. The molecule has 1 amide bonds. The van der Waals surface area contributed by atoms with Crippen LogP contribution in [0.5, 0.6) is 0 Å². The zero-order valence-corrected chi connectivity index (χ0v) is 17.3. The SMILES string of the molecule is CCCN1CCCc2cccc(N(Cc3ccc(CCC=O)c(F)c3)C(C)=O)c21. The third-order valence-electron chi connectivity index (χ3n) is 5.44. The Morgan fingerprint density at radius 1 is 1.28 bits per heavy atom. The predicted octanol–water partition coefficient (Wildman–Crippen LogP) is 4.67. The first kappa shape index (κ1) is 21.0. The highest BCUT2D eigenvalue weighted by atomic mass is 19.1. The molecule has 0 bridgehead atoms. The van der Waals surface area contributed by atoms with E-state index in [1.54, 1.807) is 17.9 Å². The number of benzene rings is 2. The normalized spacial score (nSPS) is 13.1. The van der Waals surface area contributed by atoms with Crippen LogP contribution in [0, 0.1) is 5.82 Å². The van der Waals surface area contributed by atoms with E-state index in [0.717, 1.165) is 55.6 Å². The van der Waals surface area contributed by atoms with E-state index in [1.807, 2.05) is 18.2 Å². The number of para-hydroxylation sites is 1. The lowest BCUT2D eigenvalue weighted by Crippen LogP contribution is -2.35. The first-order valence-electron chi connectivity index (χ1n) is 10.4. The Bertz CT molecular complexity index is 881. The number of nitrogens with zero attached hydrogens (tertiary/aromatic N) is 2. The van der Waals surface area contributed by atoms with Gasteiger partial charge in [0.1, 0.15) is 12.1 Å². The summed E-state index contributed by atoms with van der Waals surface area (Å²) in [6.45, 7) is 5.98. The van der Waals surface area contributed by atoms with Crippen LogP contribution in [0.4, 0.5) is 15.8 Å². The number of aryl methyl sites for hydroxylation is 2. The van der Waals surface area contributed by atoms with Crippen molar-refractivity contribution in [2.24, 2.45) is 0 Å². The van der Waals surface area contributed by atoms with Crippen molar-refractivity contribution in [3.05, 3.63) is 58.9 Å². The number of hydrogen-bond donors (Lipinski definition) is 0. The molecule has 0 atom stereocenters. The van der Waals surface area contributed by atoms with Crippen LogP contribution in [0.2, 0.25) is 0 Å². The molecule has 0 spiro atoms. The molecule has 1 heterocycles. The summed E-state index contributed by atoms with van der Waals surface area (Å²) in [7, 11) is 0. The molecular formula is C24H29FN2O2. The molecule has 0 saturated carbocycles. The van der Waals surface area contributed by atoms with E-state index in [0.29, 0.717) is 24.9 Å². The van der Waals surface area contributed by atoms with E-state index in [2.05, 4.69) is 17.9 Å². The Kier molecular flexibility index (Phi) is 7.02. The zero-order chi connectivity index (χ0) is 20.8. The molecule has 5 heteroatoms. The van der Waals surface area contributed by atoms with E-state index in [-0.39, 0.29) is 11.7 Å². The smallest absolute Gasteiger partial charge is 0.224 e. The first-order valence-corrected chi connectivity index (χ1v) is 10.4. The number of halogens is 1. The standard InChI is InChI=1S/C24H29FN2O2/c1-3-13-26-14-5-8-21-7-4-10-23(24(21)26)27(18(2)29)17-19-11-12-20(9-6-15-28)22(25)16-19/h4,7,10-12,15-16H,3,5-6,8-9,13-14,17H2,1-2H3. The third kappa shape index (κ3) is 4.84. The van der Waals surface area contributed by atoms with Crippen molar-refractivity contribution in [2.45, 2.75) is 52.5 Å². The fourth-order valence-electron chi connectivity index (χ4n) is 4.08. The van der Waals surface area contributed by atoms with Crippen molar-refractivity contribution in [1.82, 2.24) is 0 Å². The molecule has 1 aliphatic heterocycles. The highest BCUT2D eigenvalue weighted by Crippen LogP contribution is 2.37. The van der Waals surface area contributed by atoms with Crippen molar-refractivity contribution in [3.8, 4) is 0 Å². The Labute approximate surface area is 172 Å². The minimum absolute atomic E-state index is 0.0640. The third-order valence-corrected chi connectivity index (χ3v) is 5.44. The first-order chi connectivity index (χ1) is 14.0. The van der Waals surface area contributed by atoms with Crippen LogP contribution >= 0.6 is 0 Å². The Hall–Kier alpha value is -2.69. The molecule has 3 rings (SSSR count). The number of fused-ring (bicyclic) bond motifs is 1. The quantitative estimate of drug-likeness (QED) is 0.609. The molecule has 0 saturated heterocycles. The summed E-state index contributed by atoms with van der Waals surface area (Å²) in [5.74, 6) is -0.388. The van der Waals surface area contributed by atoms with Crippen LogP contribution in [0.25, 0.3) is 0 Å². The highest BCUT2D eigenvalue weighted by molar-refractivity contribution is 5.96. The lowest BCUT2D eigenvalue weighted by molar-refractivity contribution is -0.116. The molecule has 0 unspecified atom stereocenters. The van der Waals surface area contributed by atoms with E-state index < -0.39 is 0 Å². The van der Waals surface area contributed by atoms with Gasteiger partial charge in [-0.15, -0.1) is 0 Å². The summed E-state index contributed by atoms with van der Waals surface area (Å²) in [5, 5.41) is 0. The topological polar surface area (TPSA) is 40.6 Å². The molecule has 154 valence electrons. The second kappa shape index (κ2) is 9.68. The van der Waals surface area contributed by atoms with Crippen molar-refractivity contribution in [1.29, 1.82) is 0 Å². The van der Waals surface area contributed by atoms with Crippen LogP contribution in [-0.4, -0.2) is 25.3 Å². The molecule has 0 radical (unpaired) electrons. The lowest BCUT2D eigenvalue weighted by Gasteiger charge is -2.36. The maximum atomic E-state index is 14.4. The molecule has 0 aliphatic carbocycles. The van der Waals surface area contributed by atoms with E-state index >= 15 is 0 Å². The summed E-state index contributed by atoms with van der Waals surface area (Å²) >= 11 is 0. The van der Waals surface area contributed by atoms with Crippen LogP contribution < -0.4 is 9.80 Å². The van der Waals surface area contributed by atoms with Gasteiger partial charge in [0.15, 0.2) is 0 Å². The summed E-state index contributed by atoms with van der Waals surface area (Å²) in [4.78, 5) is 27.2. The van der Waals surface area contributed by atoms with Crippen LogP contribution in [0.15, 0.2) is 36.4 Å². The average Bonchev–Trinajstić information content (AvgIpc) is 2.71. The minimum atomic E-state index is -0.324. The summed E-state index contributed by atoms with van der Waals surface area (Å²) in [5.41, 5.74) is 4.57. The molecule has 4 nitrogen and oxygen atoms in total. The Morgan fingerprint density at radius 2 is 2.10 bits per heavy atom. The number of amides is 1. The second-order valence-electron chi connectivity index (χ2n) is 7.61. The van der Waals surface area contributed by atoms with Gasteiger partial charge in [-0.3, -0.25) is 4.79 Å². The molecule has 0 aromatic heterocycles. The second-order valence-corrected chi connectivity index (χ2v) is 7.61. The molecular weight excluding hydrogens is 367 g/mol. The molecule has 29 heavy (non-hydrogen) atoms. The van der Waals surface area contributed by atoms with Crippen molar-refractivity contribution in [3.63, 3.8) is 0 Å². The number of rotatable bonds is 8. The fraction of sp³-hybridized carbons (Fsp3) is 0.417. The zero-order valence-electron chi connectivity index (χ0n) is 17.3. The van der Waals surface area contributed by atoms with Gasteiger partial charge in [-0.05, 0) is 54.5 Å². The number of anilines is 2. The van der Waals surface area contributed by atoms with Gasteiger partial charge in [-0.25, -0.2) is 4.39 Å². The highest BCUT2D eigenvalue weighted by Gasteiger charge is 2.24. The van der Waals surface area contributed by atoms with Crippen molar-refractivity contribution < 1.29 is 14.0 Å². The van der Waals surface area contributed by atoms with Gasteiger partial charge in [0.2, 0.25) is 5.91 Å². The average molecular weight is 397 g/mol. The maximum absolute atomic E-state index is 14.4. The summed E-state index contributed by atoms with van der Waals surface area (Å²) in [6, 6.07) is 11.2. The summed E-state index contributed by atoms with van der Waals surface area (Å²) in [6.07, 6.45) is 4.66. The van der Waals surface area contributed by atoms with E-state index in [1.165, 1.54) is 11.6 Å². The van der Waals surface area contributed by atoms with Crippen LogP contribution in [0.1, 0.15) is 49.8 Å². The van der Waals surface area contributed by atoms with Gasteiger partial charge in [0, 0.05) is 26.4 Å². The Balaban J connectivity index is 1.93. The number of carbonyl (C=O) groups excluding carboxylic acids is 2. The Morgan fingerprint density at radius 3 is 2.79 bits per heavy atom. The number of hydrogen-bond acceptors (Lipinski definition) is 3. The predicted molar refractivity (Wildman–Crippen MR) is 115 cm³/mol. The van der Waals surface area contributed by atoms with E-state index in [9.17, 15) is 14.0 Å². The van der Waals surface area contributed by atoms with Gasteiger partial charge in [0.05, 0.1) is 17.9 Å². The number of carbonyl (C=O) groups is 2. The van der Waals surface area contributed by atoms with Gasteiger partial charge >= 0.3 is 0 Å². The minimum Gasteiger partial charge on any atom is -0.370 e. The monoisotopic (exact) mass is 396 g/mol. The van der Waals surface area contributed by atoms with Crippen molar-refractivity contribution in [2.75, 3.05) is 22.9 Å². The number of aldehydes is 1.